The molecule has 1 aliphatic carbocycles. The minimum absolute atomic E-state index is 0.0917. The first kappa shape index (κ1) is 11.5. The zero-order valence-electron chi connectivity index (χ0n) is 9.38. The van der Waals surface area contributed by atoms with Gasteiger partial charge in [0, 0.05) is 0 Å². The minimum Gasteiger partial charge on any atom is -0.461 e. The Balaban J connectivity index is 2.40. The van der Waals surface area contributed by atoms with Crippen molar-refractivity contribution in [3.8, 4) is 0 Å². The molecule has 0 saturated heterocycles. The van der Waals surface area contributed by atoms with E-state index >= 15 is 0 Å². The first-order valence-corrected chi connectivity index (χ1v) is 5.39. The summed E-state index contributed by atoms with van der Waals surface area (Å²) in [6, 6.07) is 0. The zero-order valence-corrected chi connectivity index (χ0v) is 9.38. The smallest absolute Gasteiger partial charge is 0.325 e. The molecule has 1 fully saturated rings. The van der Waals surface area contributed by atoms with Crippen molar-refractivity contribution in [1.82, 2.24) is 0 Å². The highest BCUT2D eigenvalue weighted by Crippen LogP contribution is 2.26. The Hall–Kier alpha value is -0.570. The van der Waals surface area contributed by atoms with Crippen molar-refractivity contribution in [2.75, 3.05) is 0 Å². The summed E-state index contributed by atoms with van der Waals surface area (Å²) in [5.74, 6) is 0.388. The number of esters is 1. The molecule has 0 bridgehead atoms. The highest BCUT2D eigenvalue weighted by atomic mass is 16.5. The van der Waals surface area contributed by atoms with E-state index in [1.54, 1.807) is 13.8 Å². The SMILES string of the molecule is CC1CCCC(OC(=O)C(C)(C)N)C1. The lowest BCUT2D eigenvalue weighted by Crippen LogP contribution is -2.44. The number of nitrogens with two attached hydrogens (primary N) is 1. The van der Waals surface area contributed by atoms with E-state index in [0.717, 1.165) is 19.3 Å². The summed E-state index contributed by atoms with van der Waals surface area (Å²) in [7, 11) is 0. The quantitative estimate of drug-likeness (QED) is 0.690. The van der Waals surface area contributed by atoms with Crippen molar-refractivity contribution in [3.63, 3.8) is 0 Å². The third kappa shape index (κ3) is 3.29. The van der Waals surface area contributed by atoms with E-state index in [1.165, 1.54) is 6.42 Å². The van der Waals surface area contributed by atoms with Crippen LogP contribution in [-0.2, 0) is 9.53 Å². The molecule has 0 spiro atoms. The summed E-state index contributed by atoms with van der Waals surface area (Å²) in [5.41, 5.74) is 4.80. The standard InChI is InChI=1S/C11H21NO2/c1-8-5-4-6-9(7-8)14-10(13)11(2,3)12/h8-9H,4-7,12H2,1-3H3. The molecular weight excluding hydrogens is 178 g/mol. The molecule has 82 valence electrons. The number of rotatable bonds is 2. The first-order valence-electron chi connectivity index (χ1n) is 5.39. The van der Waals surface area contributed by atoms with Gasteiger partial charge in [0.2, 0.25) is 0 Å². The van der Waals surface area contributed by atoms with Crippen molar-refractivity contribution in [2.24, 2.45) is 11.7 Å². The summed E-state index contributed by atoms with van der Waals surface area (Å²) in [4.78, 5) is 11.5. The van der Waals surface area contributed by atoms with Gasteiger partial charge in [-0.05, 0) is 39.0 Å². The van der Waals surface area contributed by atoms with E-state index in [0.29, 0.717) is 5.92 Å². The third-order valence-electron chi connectivity index (χ3n) is 2.69. The van der Waals surface area contributed by atoms with Crippen LogP contribution in [0.15, 0.2) is 0 Å². The lowest BCUT2D eigenvalue weighted by Gasteiger charge is -2.29. The van der Waals surface area contributed by atoms with E-state index in [4.69, 9.17) is 10.5 Å². The maximum Gasteiger partial charge on any atom is 0.325 e. The topological polar surface area (TPSA) is 52.3 Å². The molecule has 0 amide bonds. The molecule has 0 radical (unpaired) electrons. The van der Waals surface area contributed by atoms with E-state index in [9.17, 15) is 4.79 Å². The Morgan fingerprint density at radius 1 is 1.43 bits per heavy atom. The van der Waals surface area contributed by atoms with E-state index in [2.05, 4.69) is 6.92 Å². The number of ether oxygens (including phenoxy) is 1. The maximum atomic E-state index is 11.5. The fraction of sp³-hybridized carbons (Fsp3) is 0.909. The number of hydrogen-bond acceptors (Lipinski definition) is 3. The molecule has 0 aliphatic heterocycles. The van der Waals surface area contributed by atoms with Crippen LogP contribution in [0.3, 0.4) is 0 Å². The lowest BCUT2D eigenvalue weighted by atomic mass is 9.88. The molecule has 0 heterocycles. The Kier molecular flexibility index (Phi) is 3.53. The molecule has 0 aromatic rings. The van der Waals surface area contributed by atoms with Gasteiger partial charge < -0.3 is 10.5 Å². The third-order valence-corrected chi connectivity index (χ3v) is 2.69. The average molecular weight is 199 g/mol. The van der Waals surface area contributed by atoms with Crippen molar-refractivity contribution in [1.29, 1.82) is 0 Å². The van der Waals surface area contributed by atoms with Crippen molar-refractivity contribution >= 4 is 5.97 Å². The first-order chi connectivity index (χ1) is 6.39. The Bertz CT molecular complexity index is 208. The maximum absolute atomic E-state index is 11.5. The second-order valence-corrected chi connectivity index (χ2v) is 5.02. The zero-order chi connectivity index (χ0) is 10.8. The van der Waals surface area contributed by atoms with Gasteiger partial charge in [0.05, 0.1) is 0 Å². The molecule has 1 aliphatic rings. The normalized spacial score (nSPS) is 28.6. The van der Waals surface area contributed by atoms with Gasteiger partial charge in [-0.25, -0.2) is 0 Å². The number of hydrogen-bond donors (Lipinski definition) is 1. The van der Waals surface area contributed by atoms with Crippen molar-refractivity contribution in [3.05, 3.63) is 0 Å². The van der Waals surface area contributed by atoms with E-state index < -0.39 is 5.54 Å². The van der Waals surface area contributed by atoms with Gasteiger partial charge >= 0.3 is 5.97 Å². The van der Waals surface area contributed by atoms with Crippen LogP contribution in [0.5, 0.6) is 0 Å². The van der Waals surface area contributed by atoms with Crippen LogP contribution in [0.25, 0.3) is 0 Å². The molecule has 2 unspecified atom stereocenters. The van der Waals surface area contributed by atoms with Gasteiger partial charge in [-0.3, -0.25) is 4.79 Å². The fourth-order valence-corrected chi connectivity index (χ4v) is 1.79. The summed E-state index contributed by atoms with van der Waals surface area (Å²) in [5, 5.41) is 0. The van der Waals surface area contributed by atoms with Gasteiger partial charge in [-0.2, -0.15) is 0 Å². The Labute approximate surface area is 86.0 Å². The molecule has 2 atom stereocenters. The number of carbonyl (C=O) groups excluding carboxylic acids is 1. The minimum atomic E-state index is -0.860. The van der Waals surface area contributed by atoms with E-state index in [-0.39, 0.29) is 12.1 Å². The molecule has 0 aromatic heterocycles. The second-order valence-electron chi connectivity index (χ2n) is 5.02. The van der Waals surface area contributed by atoms with Crippen LogP contribution in [-0.4, -0.2) is 17.6 Å². The van der Waals surface area contributed by atoms with Gasteiger partial charge in [-0.1, -0.05) is 13.3 Å². The largest absolute Gasteiger partial charge is 0.461 e. The van der Waals surface area contributed by atoms with Gasteiger partial charge in [0.15, 0.2) is 0 Å². The molecule has 3 heteroatoms. The number of carbonyl (C=O) groups is 1. The summed E-state index contributed by atoms with van der Waals surface area (Å²) in [6.45, 7) is 5.57. The van der Waals surface area contributed by atoms with Crippen molar-refractivity contribution < 1.29 is 9.53 Å². The summed E-state index contributed by atoms with van der Waals surface area (Å²) < 4.78 is 5.36. The van der Waals surface area contributed by atoms with Crippen LogP contribution < -0.4 is 5.73 Å². The molecule has 1 saturated carbocycles. The average Bonchev–Trinajstić information content (AvgIpc) is 2.02. The highest BCUT2D eigenvalue weighted by molar-refractivity contribution is 5.79. The molecule has 1 rings (SSSR count). The molecular formula is C11H21NO2. The van der Waals surface area contributed by atoms with Crippen LogP contribution in [0.4, 0.5) is 0 Å². The second kappa shape index (κ2) is 4.30. The Morgan fingerprint density at radius 3 is 2.57 bits per heavy atom. The highest BCUT2D eigenvalue weighted by Gasteiger charge is 2.28. The van der Waals surface area contributed by atoms with Gasteiger partial charge in [-0.15, -0.1) is 0 Å². The summed E-state index contributed by atoms with van der Waals surface area (Å²) >= 11 is 0. The molecule has 2 N–H and O–H groups in total. The lowest BCUT2D eigenvalue weighted by molar-refractivity contribution is -0.156. The van der Waals surface area contributed by atoms with Crippen LogP contribution in [0.2, 0.25) is 0 Å². The van der Waals surface area contributed by atoms with Gasteiger partial charge in [0.25, 0.3) is 0 Å². The van der Waals surface area contributed by atoms with E-state index in [1.807, 2.05) is 0 Å². The van der Waals surface area contributed by atoms with Crippen LogP contribution in [0, 0.1) is 5.92 Å². The monoisotopic (exact) mass is 199 g/mol. The fourth-order valence-electron chi connectivity index (χ4n) is 1.79. The van der Waals surface area contributed by atoms with Crippen LogP contribution in [0.1, 0.15) is 46.5 Å². The van der Waals surface area contributed by atoms with Crippen LogP contribution >= 0.6 is 0 Å². The predicted octanol–water partition coefficient (Wildman–Crippen LogP) is 1.85. The Morgan fingerprint density at radius 2 is 2.07 bits per heavy atom. The molecule has 14 heavy (non-hydrogen) atoms. The van der Waals surface area contributed by atoms with Gasteiger partial charge in [0.1, 0.15) is 11.6 Å². The molecule has 3 nitrogen and oxygen atoms in total. The predicted molar refractivity (Wildman–Crippen MR) is 55.8 cm³/mol. The van der Waals surface area contributed by atoms with Crippen molar-refractivity contribution in [2.45, 2.75) is 58.1 Å². The summed E-state index contributed by atoms with van der Waals surface area (Å²) in [6.07, 6.45) is 4.48. The molecule has 0 aromatic carbocycles.